The van der Waals surface area contributed by atoms with Gasteiger partial charge < -0.3 is 37.0 Å². The quantitative estimate of drug-likeness (QED) is 0.305. The molecule has 0 unspecified atom stereocenters. The summed E-state index contributed by atoms with van der Waals surface area (Å²) in [6.45, 7) is 1.93. The van der Waals surface area contributed by atoms with Crippen LogP contribution in [0.3, 0.4) is 0 Å². The first-order valence-electron chi connectivity index (χ1n) is 9.57. The standard InChI is InChI=1S/C21H28N6O2/c22-15-3-5-18(24)20(11-15)28-9-2-1-8-27-14-26-13-17(27)7-10-29-21-12-16(23)4-6-19(21)25/h3-6,11-14H,1-2,7-10,22-25H2. The van der Waals surface area contributed by atoms with Crippen LogP contribution in [0.2, 0.25) is 0 Å². The summed E-state index contributed by atoms with van der Waals surface area (Å²) >= 11 is 0. The number of aromatic nitrogens is 2. The van der Waals surface area contributed by atoms with E-state index in [9.17, 15) is 0 Å². The molecule has 0 spiro atoms. The summed E-state index contributed by atoms with van der Waals surface area (Å²) < 4.78 is 13.6. The minimum Gasteiger partial charge on any atom is -0.491 e. The zero-order valence-electron chi connectivity index (χ0n) is 16.4. The molecule has 0 saturated carbocycles. The van der Waals surface area contributed by atoms with Crippen LogP contribution >= 0.6 is 0 Å². The fourth-order valence-electron chi connectivity index (χ4n) is 2.94. The van der Waals surface area contributed by atoms with Crippen LogP contribution in [0.15, 0.2) is 48.9 Å². The summed E-state index contributed by atoms with van der Waals surface area (Å²) in [5.74, 6) is 1.24. The van der Waals surface area contributed by atoms with Gasteiger partial charge in [-0.3, -0.25) is 0 Å². The summed E-state index contributed by atoms with van der Waals surface area (Å²) in [5.41, 5.74) is 26.9. The lowest BCUT2D eigenvalue weighted by molar-refractivity contribution is 0.303. The molecule has 29 heavy (non-hydrogen) atoms. The van der Waals surface area contributed by atoms with E-state index in [1.165, 1.54) is 0 Å². The summed E-state index contributed by atoms with van der Waals surface area (Å²) in [6.07, 6.45) is 6.26. The van der Waals surface area contributed by atoms with Crippen LogP contribution in [0.4, 0.5) is 22.7 Å². The van der Waals surface area contributed by atoms with E-state index in [2.05, 4.69) is 9.55 Å². The van der Waals surface area contributed by atoms with Crippen molar-refractivity contribution in [3.05, 3.63) is 54.6 Å². The first-order chi connectivity index (χ1) is 14.0. The second-order valence-electron chi connectivity index (χ2n) is 6.83. The Kier molecular flexibility index (Phi) is 6.67. The molecule has 2 aromatic carbocycles. The molecule has 154 valence electrons. The highest BCUT2D eigenvalue weighted by Crippen LogP contribution is 2.25. The van der Waals surface area contributed by atoms with E-state index in [0.717, 1.165) is 31.5 Å². The molecular formula is C21H28N6O2. The van der Waals surface area contributed by atoms with Crippen molar-refractivity contribution in [1.29, 1.82) is 0 Å². The molecule has 0 atom stereocenters. The zero-order chi connectivity index (χ0) is 20.6. The van der Waals surface area contributed by atoms with Gasteiger partial charge in [0.05, 0.1) is 30.9 Å². The van der Waals surface area contributed by atoms with Crippen molar-refractivity contribution in [2.75, 3.05) is 36.1 Å². The predicted octanol–water partition coefficient (Wildman–Crippen LogP) is 2.69. The Morgan fingerprint density at radius 2 is 1.41 bits per heavy atom. The minimum atomic E-state index is 0.497. The highest BCUT2D eigenvalue weighted by molar-refractivity contribution is 5.60. The van der Waals surface area contributed by atoms with Crippen molar-refractivity contribution in [1.82, 2.24) is 9.55 Å². The van der Waals surface area contributed by atoms with Gasteiger partial charge in [-0.05, 0) is 37.1 Å². The van der Waals surface area contributed by atoms with Gasteiger partial charge in [0, 0.05) is 48.4 Å². The van der Waals surface area contributed by atoms with Crippen LogP contribution in [0.1, 0.15) is 18.5 Å². The maximum absolute atomic E-state index is 5.91. The Hall–Kier alpha value is -3.55. The van der Waals surface area contributed by atoms with E-state index in [-0.39, 0.29) is 0 Å². The van der Waals surface area contributed by atoms with E-state index >= 15 is 0 Å². The number of nitrogens with two attached hydrogens (primary N) is 4. The summed E-state index contributed by atoms with van der Waals surface area (Å²) in [7, 11) is 0. The van der Waals surface area contributed by atoms with Gasteiger partial charge >= 0.3 is 0 Å². The van der Waals surface area contributed by atoms with Crippen molar-refractivity contribution >= 4 is 22.7 Å². The third-order valence-electron chi connectivity index (χ3n) is 4.54. The number of hydrogen-bond acceptors (Lipinski definition) is 7. The summed E-state index contributed by atoms with van der Waals surface area (Å²) in [6, 6.07) is 10.5. The molecule has 0 aliphatic carbocycles. The molecule has 1 aromatic heterocycles. The monoisotopic (exact) mass is 396 g/mol. The molecule has 0 bridgehead atoms. The number of ether oxygens (including phenoxy) is 2. The molecule has 1 heterocycles. The van der Waals surface area contributed by atoms with Gasteiger partial charge in [-0.15, -0.1) is 0 Å². The van der Waals surface area contributed by atoms with E-state index in [4.69, 9.17) is 32.4 Å². The first kappa shape index (κ1) is 20.2. The normalized spacial score (nSPS) is 10.8. The highest BCUT2D eigenvalue weighted by Gasteiger charge is 2.06. The average Bonchev–Trinajstić information content (AvgIpc) is 3.14. The molecule has 3 aromatic rings. The predicted molar refractivity (Wildman–Crippen MR) is 117 cm³/mol. The van der Waals surface area contributed by atoms with E-state index in [1.54, 1.807) is 36.4 Å². The molecule has 0 radical (unpaired) electrons. The molecule has 0 amide bonds. The Labute approximate surface area is 170 Å². The number of nitrogen functional groups attached to an aromatic ring is 4. The fourth-order valence-corrected chi connectivity index (χ4v) is 2.94. The van der Waals surface area contributed by atoms with E-state index < -0.39 is 0 Å². The van der Waals surface area contributed by atoms with Gasteiger partial charge in [-0.1, -0.05) is 0 Å². The summed E-state index contributed by atoms with van der Waals surface area (Å²) in [5, 5.41) is 0. The molecule has 8 heteroatoms. The molecule has 8 nitrogen and oxygen atoms in total. The number of benzene rings is 2. The van der Waals surface area contributed by atoms with Crippen LogP contribution in [-0.2, 0) is 13.0 Å². The van der Waals surface area contributed by atoms with Gasteiger partial charge in [0.15, 0.2) is 0 Å². The Morgan fingerprint density at radius 3 is 2.07 bits per heavy atom. The van der Waals surface area contributed by atoms with Crippen LogP contribution < -0.4 is 32.4 Å². The molecule has 8 N–H and O–H groups in total. The topological polar surface area (TPSA) is 140 Å². The number of rotatable bonds is 10. The Balaban J connectivity index is 1.41. The lowest BCUT2D eigenvalue weighted by Gasteiger charge is -2.12. The smallest absolute Gasteiger partial charge is 0.144 e. The van der Waals surface area contributed by atoms with Crippen molar-refractivity contribution in [2.24, 2.45) is 0 Å². The van der Waals surface area contributed by atoms with Crippen molar-refractivity contribution in [3.63, 3.8) is 0 Å². The van der Waals surface area contributed by atoms with Gasteiger partial charge in [0.25, 0.3) is 0 Å². The van der Waals surface area contributed by atoms with Gasteiger partial charge in [-0.25, -0.2) is 4.98 Å². The third kappa shape index (κ3) is 5.71. The van der Waals surface area contributed by atoms with Crippen LogP contribution in [0, 0.1) is 0 Å². The molecule has 0 saturated heterocycles. The number of nitrogens with zero attached hydrogens (tertiary/aromatic N) is 2. The van der Waals surface area contributed by atoms with E-state index in [1.807, 2.05) is 12.5 Å². The third-order valence-corrected chi connectivity index (χ3v) is 4.54. The number of unbranched alkanes of at least 4 members (excludes halogenated alkanes) is 1. The van der Waals surface area contributed by atoms with E-state index in [0.29, 0.717) is 47.5 Å². The second kappa shape index (κ2) is 9.59. The van der Waals surface area contributed by atoms with Crippen molar-refractivity contribution in [3.8, 4) is 11.5 Å². The molecule has 3 rings (SSSR count). The maximum Gasteiger partial charge on any atom is 0.144 e. The number of aryl methyl sites for hydroxylation is 1. The SMILES string of the molecule is Nc1ccc(N)c(OCCCCn2cncc2CCOc2cc(N)ccc2N)c1. The number of imidazole rings is 1. The lowest BCUT2D eigenvalue weighted by atomic mass is 10.2. The Bertz CT molecular complexity index is 941. The summed E-state index contributed by atoms with van der Waals surface area (Å²) in [4.78, 5) is 4.25. The van der Waals surface area contributed by atoms with Crippen LogP contribution in [0.5, 0.6) is 11.5 Å². The van der Waals surface area contributed by atoms with Crippen molar-refractivity contribution in [2.45, 2.75) is 25.8 Å². The number of hydrogen-bond donors (Lipinski definition) is 4. The lowest BCUT2D eigenvalue weighted by Crippen LogP contribution is -2.09. The fraction of sp³-hybridized carbons (Fsp3) is 0.286. The molecule has 0 aliphatic rings. The van der Waals surface area contributed by atoms with Gasteiger partial charge in [0.1, 0.15) is 11.5 Å². The van der Waals surface area contributed by atoms with Crippen molar-refractivity contribution < 1.29 is 9.47 Å². The zero-order valence-corrected chi connectivity index (χ0v) is 16.4. The minimum absolute atomic E-state index is 0.497. The second-order valence-corrected chi connectivity index (χ2v) is 6.83. The Morgan fingerprint density at radius 1 is 0.793 bits per heavy atom. The largest absolute Gasteiger partial charge is 0.491 e. The molecule has 0 fully saturated rings. The molecule has 0 aliphatic heterocycles. The van der Waals surface area contributed by atoms with Gasteiger partial charge in [0.2, 0.25) is 0 Å². The first-order valence-corrected chi connectivity index (χ1v) is 9.57. The highest BCUT2D eigenvalue weighted by atomic mass is 16.5. The van der Waals surface area contributed by atoms with Crippen LogP contribution in [0.25, 0.3) is 0 Å². The number of anilines is 4. The van der Waals surface area contributed by atoms with Gasteiger partial charge in [-0.2, -0.15) is 0 Å². The van der Waals surface area contributed by atoms with Crippen LogP contribution in [-0.4, -0.2) is 22.8 Å². The maximum atomic E-state index is 5.91. The average molecular weight is 396 g/mol. The molecular weight excluding hydrogens is 368 g/mol.